The van der Waals surface area contributed by atoms with Gasteiger partial charge in [-0.1, -0.05) is 89.2 Å². The standard InChI is InChI=1S/C51H70N7O8PSi/c1-33(2)47(59)55-49-54-46-43(48(60)56-49)53-32-57(46)42-30-36(44(66-68(12,13)50(7,8)9)45(42)65-67(64-29-17-28-52)58(34(3)4)35(5)6)31-63-51(37-18-15-14-16-19-37,38-20-24-40(61-10)25-21-38)39-22-26-41(62-11)27-23-39/h14-16,18-27,32-36,42,44-45H,17,29-31H2,1-13H3,(H2,54,55,56,59,60)/t36-,42-,44-,45+,67?/m1/s1. The number of hydrogen-bond acceptors (Lipinski definition) is 12. The summed E-state index contributed by atoms with van der Waals surface area (Å²) in [6, 6.07) is 27.8. The van der Waals surface area contributed by atoms with Crippen molar-refractivity contribution in [1.82, 2.24) is 24.2 Å². The number of carbonyl (C=O) groups is 1. The maximum absolute atomic E-state index is 13.7. The molecule has 0 bridgehead atoms. The number of nitriles is 1. The van der Waals surface area contributed by atoms with Crippen molar-refractivity contribution >= 4 is 39.9 Å². The number of imidazole rings is 1. The number of aromatic nitrogens is 4. The molecule has 3 aromatic carbocycles. The minimum Gasteiger partial charge on any atom is -0.497 e. The van der Waals surface area contributed by atoms with Gasteiger partial charge in [-0.3, -0.25) is 19.9 Å². The van der Waals surface area contributed by atoms with E-state index in [0.717, 1.165) is 16.7 Å². The molecule has 2 aromatic heterocycles. The van der Waals surface area contributed by atoms with Gasteiger partial charge in [-0.2, -0.15) is 10.2 Å². The molecule has 1 aliphatic carbocycles. The van der Waals surface area contributed by atoms with Crippen molar-refractivity contribution in [2.45, 2.75) is 129 Å². The van der Waals surface area contributed by atoms with Crippen molar-refractivity contribution in [1.29, 1.82) is 5.26 Å². The summed E-state index contributed by atoms with van der Waals surface area (Å²) in [6.07, 6.45) is 0.984. The lowest BCUT2D eigenvalue weighted by Gasteiger charge is -2.43. The number of fused-ring (bicyclic) bond motifs is 1. The third-order valence-electron chi connectivity index (χ3n) is 13.1. The average molecular weight is 968 g/mol. The average Bonchev–Trinajstić information content (AvgIpc) is 3.87. The highest BCUT2D eigenvalue weighted by molar-refractivity contribution is 7.44. The topological polar surface area (TPSA) is 175 Å². The third kappa shape index (κ3) is 11.4. The number of nitrogens with zero attached hydrogens (tertiary/aromatic N) is 5. The highest BCUT2D eigenvalue weighted by Gasteiger charge is 2.53. The lowest BCUT2D eigenvalue weighted by molar-refractivity contribution is -0.118. The van der Waals surface area contributed by atoms with Gasteiger partial charge in [0.1, 0.15) is 23.2 Å². The summed E-state index contributed by atoms with van der Waals surface area (Å²) in [6.45, 7) is 23.4. The maximum Gasteiger partial charge on any atom is 0.280 e. The maximum atomic E-state index is 13.7. The van der Waals surface area contributed by atoms with Crippen molar-refractivity contribution in [2.24, 2.45) is 11.8 Å². The van der Waals surface area contributed by atoms with Crippen LogP contribution in [-0.2, 0) is 28.6 Å². The second kappa shape index (κ2) is 22.2. The molecule has 5 aromatic rings. The summed E-state index contributed by atoms with van der Waals surface area (Å²) in [7, 11) is -1.10. The second-order valence-electron chi connectivity index (χ2n) is 19.7. The van der Waals surface area contributed by atoms with E-state index in [2.05, 4.69) is 99.7 Å². The van der Waals surface area contributed by atoms with Gasteiger partial charge in [0.25, 0.3) is 14.1 Å². The minimum atomic E-state index is -2.61. The van der Waals surface area contributed by atoms with E-state index in [-0.39, 0.29) is 71.6 Å². The van der Waals surface area contributed by atoms with Gasteiger partial charge in [0.05, 0.1) is 58.4 Å². The van der Waals surface area contributed by atoms with Crippen molar-refractivity contribution in [3.05, 3.63) is 112 Å². The van der Waals surface area contributed by atoms with E-state index < -0.39 is 46.3 Å². The number of benzene rings is 3. The molecule has 1 unspecified atom stereocenters. The molecule has 2 N–H and O–H groups in total. The van der Waals surface area contributed by atoms with Gasteiger partial charge in [0.2, 0.25) is 11.9 Å². The minimum absolute atomic E-state index is 0.0175. The molecule has 17 heteroatoms. The van der Waals surface area contributed by atoms with Crippen LogP contribution in [0, 0.1) is 23.2 Å². The van der Waals surface area contributed by atoms with Crippen LogP contribution >= 0.6 is 8.53 Å². The smallest absolute Gasteiger partial charge is 0.280 e. The van der Waals surface area contributed by atoms with E-state index in [1.807, 2.05) is 71.3 Å². The van der Waals surface area contributed by atoms with E-state index in [9.17, 15) is 14.9 Å². The molecule has 6 rings (SSSR count). The summed E-state index contributed by atoms with van der Waals surface area (Å²) in [5, 5.41) is 12.2. The Kier molecular flexibility index (Phi) is 17.1. The van der Waals surface area contributed by atoms with Gasteiger partial charge in [-0.15, -0.1) is 0 Å². The zero-order valence-electron chi connectivity index (χ0n) is 41.9. The summed E-state index contributed by atoms with van der Waals surface area (Å²) >= 11 is 0. The summed E-state index contributed by atoms with van der Waals surface area (Å²) in [5.74, 6) is 0.478. The zero-order chi connectivity index (χ0) is 49.6. The van der Waals surface area contributed by atoms with Gasteiger partial charge < -0.3 is 32.3 Å². The number of H-pyrrole nitrogens is 1. The lowest BCUT2D eigenvalue weighted by atomic mass is 9.79. The number of methoxy groups -OCH3 is 2. The molecule has 2 heterocycles. The van der Waals surface area contributed by atoms with Gasteiger partial charge in [-0.25, -0.2) is 9.65 Å². The molecule has 1 aliphatic rings. The Labute approximate surface area is 404 Å². The number of carbonyl (C=O) groups excluding carboxylic acids is 1. The van der Waals surface area contributed by atoms with Crippen LogP contribution in [0.5, 0.6) is 11.5 Å². The zero-order valence-corrected chi connectivity index (χ0v) is 43.8. The molecule has 0 spiro atoms. The number of hydrogen-bond donors (Lipinski definition) is 2. The van der Waals surface area contributed by atoms with E-state index in [1.165, 1.54) is 0 Å². The fraction of sp³-hybridized carbons (Fsp3) is 0.510. The second-order valence-corrected chi connectivity index (χ2v) is 25.9. The van der Waals surface area contributed by atoms with Crippen LogP contribution < -0.4 is 20.3 Å². The Morgan fingerprint density at radius 2 is 1.49 bits per heavy atom. The quantitative estimate of drug-likeness (QED) is 0.0309. The molecule has 0 radical (unpaired) electrons. The predicted molar refractivity (Wildman–Crippen MR) is 269 cm³/mol. The van der Waals surface area contributed by atoms with Gasteiger partial charge >= 0.3 is 0 Å². The molecule has 5 atom stereocenters. The number of anilines is 1. The fourth-order valence-corrected chi connectivity index (χ4v) is 11.6. The number of aromatic amines is 1. The van der Waals surface area contributed by atoms with Gasteiger partial charge in [0, 0.05) is 23.9 Å². The summed E-state index contributed by atoms with van der Waals surface area (Å²) in [4.78, 5) is 38.8. The number of nitrogens with one attached hydrogen (secondary N) is 2. The molecular formula is C51H70N7O8PSi. The highest BCUT2D eigenvalue weighted by Crippen LogP contribution is 2.54. The van der Waals surface area contributed by atoms with Crippen molar-refractivity contribution in [3.8, 4) is 17.6 Å². The first-order valence-electron chi connectivity index (χ1n) is 23.4. The molecule has 68 heavy (non-hydrogen) atoms. The Balaban J connectivity index is 1.58. The Morgan fingerprint density at radius 3 is 2.00 bits per heavy atom. The number of amides is 1. The molecule has 0 aliphatic heterocycles. The van der Waals surface area contributed by atoms with E-state index in [0.29, 0.717) is 17.9 Å². The highest BCUT2D eigenvalue weighted by atomic mass is 31.2. The summed E-state index contributed by atoms with van der Waals surface area (Å²) < 4.78 is 44.7. The molecular weight excluding hydrogens is 898 g/mol. The van der Waals surface area contributed by atoms with Gasteiger partial charge in [-0.05, 0) is 93.2 Å². The monoisotopic (exact) mass is 967 g/mol. The Bertz CT molecular complexity index is 2480. The SMILES string of the molecule is COc1ccc(C(OC[C@H]2C[C@@H](n3cnc4c(=O)[nH]c(NC(=O)C(C)C)nc43)[C@H](OP(OCCC#N)N(C(C)C)C(C)C)[C@@H]2O[Si](C)(C)C(C)(C)C)(c2ccccc2)c2ccc(OC)cc2)cc1. The molecule has 15 nitrogen and oxygen atoms in total. The first-order chi connectivity index (χ1) is 32.3. The normalized spacial score (nSPS) is 18.4. The summed E-state index contributed by atoms with van der Waals surface area (Å²) in [5.41, 5.74) is 1.47. The van der Waals surface area contributed by atoms with Crippen molar-refractivity contribution in [3.63, 3.8) is 0 Å². The first-order valence-corrected chi connectivity index (χ1v) is 27.5. The molecule has 0 saturated heterocycles. The van der Waals surface area contributed by atoms with Crippen LogP contribution in [0.3, 0.4) is 0 Å². The van der Waals surface area contributed by atoms with E-state index in [1.54, 1.807) is 34.4 Å². The van der Waals surface area contributed by atoms with Crippen molar-refractivity contribution < 1.29 is 32.5 Å². The Hall–Kier alpha value is -4.98. The van der Waals surface area contributed by atoms with Gasteiger partial charge in [0.15, 0.2) is 19.5 Å². The molecule has 1 amide bonds. The van der Waals surface area contributed by atoms with Crippen LogP contribution in [0.15, 0.2) is 90.0 Å². The van der Waals surface area contributed by atoms with E-state index in [4.69, 9.17) is 32.7 Å². The largest absolute Gasteiger partial charge is 0.497 e. The molecule has 1 saturated carbocycles. The first kappa shape index (κ1) is 52.4. The predicted octanol–water partition coefficient (Wildman–Crippen LogP) is 10.4. The molecule has 1 fully saturated rings. The lowest BCUT2D eigenvalue weighted by Crippen LogP contribution is -2.49. The number of rotatable bonds is 21. The van der Waals surface area contributed by atoms with Crippen LogP contribution in [0.4, 0.5) is 5.95 Å². The van der Waals surface area contributed by atoms with Crippen LogP contribution in [0.25, 0.3) is 11.2 Å². The Morgan fingerprint density at radius 1 is 0.912 bits per heavy atom. The van der Waals surface area contributed by atoms with Crippen LogP contribution in [0.2, 0.25) is 18.1 Å². The number of ether oxygens (including phenoxy) is 3. The van der Waals surface area contributed by atoms with Crippen LogP contribution in [0.1, 0.15) is 97.9 Å². The fourth-order valence-electron chi connectivity index (χ4n) is 8.50. The third-order valence-corrected chi connectivity index (χ3v) is 19.7. The van der Waals surface area contributed by atoms with Crippen molar-refractivity contribution in [2.75, 3.05) is 32.8 Å². The van der Waals surface area contributed by atoms with Crippen LogP contribution in [-0.4, -0.2) is 90.1 Å². The molecule has 366 valence electrons. The van der Waals surface area contributed by atoms with E-state index >= 15 is 0 Å².